The number of hydrogen-bond acceptors (Lipinski definition) is 7. The van der Waals surface area contributed by atoms with Crippen LogP contribution in [0.25, 0.3) is 0 Å². The zero-order valence-corrected chi connectivity index (χ0v) is 19.6. The zero-order valence-electron chi connectivity index (χ0n) is 18.7. The number of ketones is 2. The fourth-order valence-electron chi connectivity index (χ4n) is 7.68. The number of rotatable bonds is 6. The number of hydrogen-bond donors (Lipinski definition) is 4. The monoisotopic (exact) mass is 466 g/mol. The molecular formula is C24H34O7S. The van der Waals surface area contributed by atoms with E-state index in [1.165, 1.54) is 0 Å². The van der Waals surface area contributed by atoms with Gasteiger partial charge >= 0.3 is 5.97 Å². The lowest BCUT2D eigenvalue weighted by Gasteiger charge is -2.62. The van der Waals surface area contributed by atoms with E-state index in [0.717, 1.165) is 5.57 Å². The van der Waals surface area contributed by atoms with Crippen LogP contribution in [-0.2, 0) is 14.4 Å². The van der Waals surface area contributed by atoms with Crippen molar-refractivity contribution in [2.45, 2.75) is 75.7 Å². The fraction of sp³-hybridized carbons (Fsp3) is 0.792. The summed E-state index contributed by atoms with van der Waals surface area (Å²) in [6.45, 7) is 3.27. The molecular weight excluding hydrogens is 432 g/mol. The van der Waals surface area contributed by atoms with Crippen molar-refractivity contribution in [2.24, 2.45) is 28.6 Å². The Bertz CT molecular complexity index is 855. The van der Waals surface area contributed by atoms with Crippen molar-refractivity contribution in [3.63, 3.8) is 0 Å². The minimum Gasteiger partial charge on any atom is -0.481 e. The molecule has 0 aromatic carbocycles. The summed E-state index contributed by atoms with van der Waals surface area (Å²) >= 11 is 1.57. The van der Waals surface area contributed by atoms with Crippen LogP contribution in [-0.4, -0.2) is 67.3 Å². The number of carbonyl (C=O) groups is 3. The molecule has 3 fully saturated rings. The van der Waals surface area contributed by atoms with E-state index in [9.17, 15) is 29.7 Å². The molecule has 4 aliphatic carbocycles. The molecule has 8 heteroatoms. The van der Waals surface area contributed by atoms with E-state index < -0.39 is 35.5 Å². The van der Waals surface area contributed by atoms with Gasteiger partial charge in [0.1, 0.15) is 12.2 Å². The second kappa shape index (κ2) is 8.22. The van der Waals surface area contributed by atoms with Crippen molar-refractivity contribution >= 4 is 29.3 Å². The van der Waals surface area contributed by atoms with Crippen LogP contribution in [0.5, 0.6) is 0 Å². The normalized spacial score (nSPS) is 45.5. The number of Topliss-reactive ketones (excluding diaryl/α,β-unsaturated/α-hetero) is 1. The van der Waals surface area contributed by atoms with Gasteiger partial charge in [-0.15, -0.1) is 0 Å². The van der Waals surface area contributed by atoms with Crippen LogP contribution in [0.1, 0.15) is 58.8 Å². The van der Waals surface area contributed by atoms with Crippen LogP contribution in [0.2, 0.25) is 0 Å². The van der Waals surface area contributed by atoms with Gasteiger partial charge in [-0.05, 0) is 61.3 Å². The third kappa shape index (κ3) is 3.40. The maximum atomic E-state index is 12.6. The number of carboxylic acid groups (broad SMARTS) is 1. The number of thioether (sulfide) groups is 1. The smallest absolute Gasteiger partial charge is 0.304 e. The summed E-state index contributed by atoms with van der Waals surface area (Å²) in [4.78, 5) is 36.0. The topological polar surface area (TPSA) is 132 Å². The molecule has 4 rings (SSSR count). The summed E-state index contributed by atoms with van der Waals surface area (Å²) < 4.78 is 0. The first kappa shape index (κ1) is 23.9. The molecule has 4 N–H and O–H groups in total. The number of aliphatic hydroxyl groups excluding tert-OH is 2. The fourth-order valence-corrected chi connectivity index (χ4v) is 9.15. The molecule has 0 bridgehead atoms. The first-order chi connectivity index (χ1) is 15.0. The molecule has 178 valence electrons. The number of allylic oxidation sites excluding steroid dienone is 1. The molecule has 0 aromatic rings. The van der Waals surface area contributed by atoms with Crippen molar-refractivity contribution in [2.75, 3.05) is 12.4 Å². The SMILES string of the molecule is C[C@]12CCC(=O)C=C1CC(SCCC(=O)O)[C@@H]1[C@@H]2[C@@H](O)C[C@@]2(C)[C@H]1CC[C@]2(O)C(=O)CO. The molecule has 0 radical (unpaired) electrons. The Balaban J connectivity index is 1.76. The molecule has 7 nitrogen and oxygen atoms in total. The number of aliphatic carboxylic acids is 1. The Morgan fingerprint density at radius 3 is 2.62 bits per heavy atom. The quantitative estimate of drug-likeness (QED) is 0.467. The Morgan fingerprint density at radius 1 is 1.25 bits per heavy atom. The van der Waals surface area contributed by atoms with Crippen molar-refractivity contribution in [1.29, 1.82) is 0 Å². The number of carbonyl (C=O) groups excluding carboxylic acids is 2. The van der Waals surface area contributed by atoms with Gasteiger partial charge in [-0.25, -0.2) is 0 Å². The van der Waals surface area contributed by atoms with Crippen LogP contribution in [0.15, 0.2) is 11.6 Å². The van der Waals surface area contributed by atoms with Crippen LogP contribution >= 0.6 is 11.8 Å². The van der Waals surface area contributed by atoms with Gasteiger partial charge in [0.05, 0.1) is 12.5 Å². The van der Waals surface area contributed by atoms with E-state index in [1.807, 2.05) is 6.92 Å². The molecule has 8 atom stereocenters. The molecule has 4 aliphatic rings. The van der Waals surface area contributed by atoms with Gasteiger partial charge in [0.25, 0.3) is 0 Å². The Morgan fingerprint density at radius 2 is 1.97 bits per heavy atom. The van der Waals surface area contributed by atoms with Gasteiger partial charge in [-0.2, -0.15) is 11.8 Å². The van der Waals surface area contributed by atoms with Crippen molar-refractivity contribution < 1.29 is 34.8 Å². The highest BCUT2D eigenvalue weighted by Gasteiger charge is 2.69. The minimum atomic E-state index is -1.67. The average Bonchev–Trinajstić information content (AvgIpc) is 2.99. The lowest BCUT2D eigenvalue weighted by Crippen LogP contribution is -2.64. The predicted molar refractivity (Wildman–Crippen MR) is 119 cm³/mol. The molecule has 32 heavy (non-hydrogen) atoms. The number of aliphatic hydroxyl groups is 3. The average molecular weight is 467 g/mol. The predicted octanol–water partition coefficient (Wildman–Crippen LogP) is 1.97. The number of carboxylic acids is 1. The Kier molecular flexibility index (Phi) is 6.14. The molecule has 0 heterocycles. The summed E-state index contributed by atoms with van der Waals surface area (Å²) in [5.74, 6) is -1.09. The molecule has 0 spiro atoms. The highest BCUT2D eigenvalue weighted by atomic mass is 32.2. The Hall–Kier alpha value is -1.22. The summed E-state index contributed by atoms with van der Waals surface area (Å²) in [6.07, 6.45) is 3.93. The molecule has 3 saturated carbocycles. The van der Waals surface area contributed by atoms with Gasteiger partial charge in [-0.3, -0.25) is 14.4 Å². The van der Waals surface area contributed by atoms with Crippen molar-refractivity contribution in [3.8, 4) is 0 Å². The summed E-state index contributed by atoms with van der Waals surface area (Å²) in [5, 5.41) is 41.6. The lowest BCUT2D eigenvalue weighted by molar-refractivity contribution is -0.181. The van der Waals surface area contributed by atoms with Crippen molar-refractivity contribution in [1.82, 2.24) is 0 Å². The minimum absolute atomic E-state index is 0.00423. The van der Waals surface area contributed by atoms with E-state index in [0.29, 0.717) is 31.4 Å². The standard InChI is InChI=1S/C24H34O7S/c1-22-6-3-14(26)9-13(22)10-17(32-8-5-19(29)30)20-15-4-7-24(31,18(28)12-25)23(15,2)11-16(27)21(20)22/h9,15-17,20-21,25,27,31H,3-8,10-12H2,1-2H3,(H,29,30)/t15-,16-,17?,20+,21-,22-,23-,24-/m0/s1. The molecule has 1 unspecified atom stereocenters. The largest absolute Gasteiger partial charge is 0.481 e. The Labute approximate surface area is 192 Å². The zero-order chi connectivity index (χ0) is 23.5. The van der Waals surface area contributed by atoms with E-state index in [-0.39, 0.29) is 53.5 Å². The maximum Gasteiger partial charge on any atom is 0.304 e. The summed E-state index contributed by atoms with van der Waals surface area (Å²) in [7, 11) is 0. The van der Waals surface area contributed by atoms with Crippen LogP contribution in [0, 0.1) is 28.6 Å². The van der Waals surface area contributed by atoms with Crippen LogP contribution < -0.4 is 0 Å². The molecule has 0 saturated heterocycles. The highest BCUT2D eigenvalue weighted by molar-refractivity contribution is 7.99. The van der Waals surface area contributed by atoms with E-state index >= 15 is 0 Å². The van der Waals surface area contributed by atoms with Gasteiger partial charge in [0, 0.05) is 22.8 Å². The van der Waals surface area contributed by atoms with E-state index in [2.05, 4.69) is 6.92 Å². The lowest BCUT2D eigenvalue weighted by atomic mass is 9.45. The third-order valence-electron chi connectivity index (χ3n) is 9.31. The number of fused-ring (bicyclic) bond motifs is 5. The third-order valence-corrected chi connectivity index (χ3v) is 10.7. The first-order valence-electron chi connectivity index (χ1n) is 11.6. The maximum absolute atomic E-state index is 12.6. The van der Waals surface area contributed by atoms with Gasteiger partial charge in [0.15, 0.2) is 11.6 Å². The van der Waals surface area contributed by atoms with Crippen LogP contribution in [0.4, 0.5) is 0 Å². The van der Waals surface area contributed by atoms with Gasteiger partial charge in [0.2, 0.25) is 0 Å². The van der Waals surface area contributed by atoms with Crippen molar-refractivity contribution in [3.05, 3.63) is 11.6 Å². The van der Waals surface area contributed by atoms with E-state index in [4.69, 9.17) is 5.11 Å². The van der Waals surface area contributed by atoms with Gasteiger partial charge < -0.3 is 20.4 Å². The second-order valence-corrected chi connectivity index (χ2v) is 12.0. The van der Waals surface area contributed by atoms with E-state index in [1.54, 1.807) is 17.8 Å². The molecule has 0 aromatic heterocycles. The highest BCUT2D eigenvalue weighted by Crippen LogP contribution is 2.68. The summed E-state index contributed by atoms with van der Waals surface area (Å²) in [5.41, 5.74) is -1.81. The molecule has 0 aliphatic heterocycles. The first-order valence-corrected chi connectivity index (χ1v) is 12.6. The van der Waals surface area contributed by atoms with Gasteiger partial charge in [-0.1, -0.05) is 19.4 Å². The summed E-state index contributed by atoms with van der Waals surface area (Å²) in [6, 6.07) is 0. The molecule has 0 amide bonds. The second-order valence-electron chi connectivity index (χ2n) is 10.7. The van der Waals surface area contributed by atoms with Crippen LogP contribution in [0.3, 0.4) is 0 Å².